The van der Waals surface area contributed by atoms with Gasteiger partial charge in [-0.25, -0.2) is 0 Å². The quantitative estimate of drug-likeness (QED) is 0.563. The minimum absolute atomic E-state index is 0.270. The normalized spacial score (nSPS) is 13.6. The molecule has 1 N–H and O–H groups in total. The summed E-state index contributed by atoms with van der Waals surface area (Å²) in [6, 6.07) is 13.1. The summed E-state index contributed by atoms with van der Waals surface area (Å²) in [6.07, 6.45) is 0.683. The van der Waals surface area contributed by atoms with Crippen molar-refractivity contribution in [1.29, 1.82) is 0 Å². The number of rotatable bonds is 10. The predicted octanol–water partition coefficient (Wildman–Crippen LogP) is 4.15. The number of nitrogens with one attached hydrogen (secondary N) is 1. The minimum atomic E-state index is -0.325. The van der Waals surface area contributed by atoms with Crippen molar-refractivity contribution in [2.45, 2.75) is 27.2 Å². The zero-order valence-corrected chi connectivity index (χ0v) is 19.4. The molecular formula is C25H31N3O4. The van der Waals surface area contributed by atoms with Gasteiger partial charge in [0.15, 0.2) is 11.5 Å². The number of benzene rings is 2. The molecule has 2 aromatic carbocycles. The fourth-order valence-electron chi connectivity index (χ4n) is 3.87. The van der Waals surface area contributed by atoms with Gasteiger partial charge in [0.05, 0.1) is 19.8 Å². The molecule has 0 radical (unpaired) electrons. The molecule has 1 aliphatic heterocycles. The summed E-state index contributed by atoms with van der Waals surface area (Å²) < 4.78 is 10.7. The van der Waals surface area contributed by atoms with E-state index in [2.05, 4.69) is 24.1 Å². The van der Waals surface area contributed by atoms with E-state index in [0.717, 1.165) is 24.5 Å². The van der Waals surface area contributed by atoms with Crippen LogP contribution in [0.1, 0.15) is 32.8 Å². The molecule has 2 aromatic rings. The van der Waals surface area contributed by atoms with Crippen LogP contribution in [0.25, 0.3) is 5.57 Å². The van der Waals surface area contributed by atoms with E-state index in [0.29, 0.717) is 35.6 Å². The summed E-state index contributed by atoms with van der Waals surface area (Å²) in [5.74, 6) is 0.413. The fraction of sp³-hybridized carbons (Fsp3) is 0.360. The Balaban J connectivity index is 2.02. The van der Waals surface area contributed by atoms with Crippen LogP contribution in [0, 0.1) is 0 Å². The zero-order chi connectivity index (χ0) is 23.3. The maximum absolute atomic E-state index is 13.2. The molecule has 1 aliphatic rings. The molecule has 1 heterocycles. The Labute approximate surface area is 189 Å². The largest absolute Gasteiger partial charge is 0.493 e. The first-order valence-electron chi connectivity index (χ1n) is 10.9. The minimum Gasteiger partial charge on any atom is -0.493 e. The Morgan fingerprint density at radius 1 is 0.875 bits per heavy atom. The highest BCUT2D eigenvalue weighted by molar-refractivity contribution is 6.36. The van der Waals surface area contributed by atoms with Gasteiger partial charge in [0.1, 0.15) is 5.70 Å². The molecule has 0 atom stereocenters. The van der Waals surface area contributed by atoms with Gasteiger partial charge in [-0.15, -0.1) is 0 Å². The lowest BCUT2D eigenvalue weighted by Crippen LogP contribution is -2.33. The molecule has 0 bridgehead atoms. The van der Waals surface area contributed by atoms with Crippen LogP contribution >= 0.6 is 0 Å². The Morgan fingerprint density at radius 2 is 1.53 bits per heavy atom. The van der Waals surface area contributed by atoms with Crippen molar-refractivity contribution < 1.29 is 19.1 Å². The number of amides is 2. The molecule has 0 saturated carbocycles. The first-order valence-corrected chi connectivity index (χ1v) is 10.9. The van der Waals surface area contributed by atoms with Gasteiger partial charge < -0.3 is 19.7 Å². The van der Waals surface area contributed by atoms with Gasteiger partial charge in [-0.2, -0.15) is 0 Å². The second kappa shape index (κ2) is 10.2. The zero-order valence-electron chi connectivity index (χ0n) is 19.4. The smallest absolute Gasteiger partial charge is 0.278 e. The van der Waals surface area contributed by atoms with Gasteiger partial charge in [0.2, 0.25) is 0 Å². The molecule has 32 heavy (non-hydrogen) atoms. The lowest BCUT2D eigenvalue weighted by molar-refractivity contribution is -0.136. The van der Waals surface area contributed by atoms with Crippen LogP contribution in [0.2, 0.25) is 0 Å². The third-order valence-electron chi connectivity index (χ3n) is 5.55. The van der Waals surface area contributed by atoms with E-state index in [1.165, 1.54) is 12.0 Å². The highest BCUT2D eigenvalue weighted by Crippen LogP contribution is 2.35. The van der Waals surface area contributed by atoms with Crippen LogP contribution in [0.15, 0.2) is 48.2 Å². The Kier molecular flexibility index (Phi) is 7.41. The van der Waals surface area contributed by atoms with Crippen molar-refractivity contribution in [2.75, 3.05) is 44.1 Å². The van der Waals surface area contributed by atoms with E-state index < -0.39 is 0 Å². The molecule has 3 rings (SSSR count). The number of carbonyl (C=O) groups excluding carboxylic acids is 2. The van der Waals surface area contributed by atoms with E-state index in [9.17, 15) is 9.59 Å². The van der Waals surface area contributed by atoms with Gasteiger partial charge in [-0.3, -0.25) is 14.5 Å². The van der Waals surface area contributed by atoms with Gasteiger partial charge in [-0.05, 0) is 62.2 Å². The number of anilines is 2. The van der Waals surface area contributed by atoms with Crippen molar-refractivity contribution in [2.24, 2.45) is 0 Å². The number of hydrogen-bond acceptors (Lipinski definition) is 6. The summed E-state index contributed by atoms with van der Waals surface area (Å²) in [6.45, 7) is 8.35. The van der Waals surface area contributed by atoms with Crippen LogP contribution in [0.4, 0.5) is 11.4 Å². The van der Waals surface area contributed by atoms with E-state index in [1.807, 2.05) is 31.2 Å². The van der Waals surface area contributed by atoms with Crippen molar-refractivity contribution in [3.05, 3.63) is 53.7 Å². The SMILES string of the molecule is CCCN1C(=O)C(Nc2ccc(N(CC)CC)cc2)=C(c2ccc(OC)c(OC)c2)C1=O. The standard InChI is InChI=1S/C25H31N3O4/c1-6-15-28-24(29)22(17-9-14-20(31-4)21(16-17)32-5)23(25(28)30)26-18-10-12-19(13-11-18)27(7-2)8-3/h9-14,16,26H,6-8,15H2,1-5H3. The van der Waals surface area contributed by atoms with Crippen molar-refractivity contribution in [3.63, 3.8) is 0 Å². The molecule has 0 saturated heterocycles. The van der Waals surface area contributed by atoms with Crippen molar-refractivity contribution in [3.8, 4) is 11.5 Å². The molecule has 0 unspecified atom stereocenters. The van der Waals surface area contributed by atoms with Crippen molar-refractivity contribution >= 4 is 28.8 Å². The van der Waals surface area contributed by atoms with Gasteiger partial charge in [0, 0.05) is 31.0 Å². The highest BCUT2D eigenvalue weighted by atomic mass is 16.5. The molecule has 0 aromatic heterocycles. The summed E-state index contributed by atoms with van der Waals surface area (Å²) >= 11 is 0. The Morgan fingerprint density at radius 3 is 2.09 bits per heavy atom. The third-order valence-corrected chi connectivity index (χ3v) is 5.55. The van der Waals surface area contributed by atoms with Crippen molar-refractivity contribution in [1.82, 2.24) is 4.90 Å². The van der Waals surface area contributed by atoms with Crippen LogP contribution in [0.5, 0.6) is 11.5 Å². The number of nitrogens with zero attached hydrogens (tertiary/aromatic N) is 2. The highest BCUT2D eigenvalue weighted by Gasteiger charge is 2.39. The predicted molar refractivity (Wildman–Crippen MR) is 127 cm³/mol. The first kappa shape index (κ1) is 23.2. The second-order valence-corrected chi connectivity index (χ2v) is 7.43. The van der Waals surface area contributed by atoms with E-state index in [-0.39, 0.29) is 17.5 Å². The van der Waals surface area contributed by atoms with Gasteiger partial charge >= 0.3 is 0 Å². The second-order valence-electron chi connectivity index (χ2n) is 7.43. The molecular weight excluding hydrogens is 406 g/mol. The summed E-state index contributed by atoms with van der Waals surface area (Å²) in [4.78, 5) is 29.9. The Hall–Kier alpha value is -3.48. The molecule has 7 nitrogen and oxygen atoms in total. The molecule has 0 fully saturated rings. The first-order chi connectivity index (χ1) is 15.5. The Bertz CT molecular complexity index is 1010. The molecule has 0 spiro atoms. The number of imide groups is 1. The maximum Gasteiger partial charge on any atom is 0.278 e. The van der Waals surface area contributed by atoms with Crippen LogP contribution in [0.3, 0.4) is 0 Å². The lowest BCUT2D eigenvalue weighted by Gasteiger charge is -2.21. The molecule has 2 amide bonds. The maximum atomic E-state index is 13.2. The van der Waals surface area contributed by atoms with Gasteiger partial charge in [0.25, 0.3) is 11.8 Å². The number of carbonyl (C=O) groups is 2. The monoisotopic (exact) mass is 437 g/mol. The van der Waals surface area contributed by atoms with E-state index in [1.54, 1.807) is 25.3 Å². The molecule has 7 heteroatoms. The molecule has 0 aliphatic carbocycles. The summed E-state index contributed by atoms with van der Waals surface area (Å²) in [5, 5.41) is 3.20. The van der Waals surface area contributed by atoms with Gasteiger partial charge in [-0.1, -0.05) is 13.0 Å². The van der Waals surface area contributed by atoms with Crippen LogP contribution in [-0.2, 0) is 9.59 Å². The third kappa shape index (κ3) is 4.42. The van der Waals surface area contributed by atoms with E-state index in [4.69, 9.17) is 9.47 Å². The number of methoxy groups -OCH3 is 2. The summed E-state index contributed by atoms with van der Waals surface area (Å²) in [5.41, 5.74) is 3.05. The van der Waals surface area contributed by atoms with Crippen LogP contribution in [-0.4, -0.2) is 50.6 Å². The number of ether oxygens (including phenoxy) is 2. The van der Waals surface area contributed by atoms with Crippen LogP contribution < -0.4 is 19.7 Å². The fourth-order valence-corrected chi connectivity index (χ4v) is 3.87. The number of hydrogen-bond donors (Lipinski definition) is 1. The molecule has 170 valence electrons. The van der Waals surface area contributed by atoms with E-state index >= 15 is 0 Å². The lowest BCUT2D eigenvalue weighted by atomic mass is 10.0. The summed E-state index contributed by atoms with van der Waals surface area (Å²) in [7, 11) is 3.09. The average Bonchev–Trinajstić information content (AvgIpc) is 3.05. The topological polar surface area (TPSA) is 71.1 Å². The average molecular weight is 438 g/mol.